The Morgan fingerprint density at radius 1 is 1.06 bits per heavy atom. The number of halogens is 5. The average molecular weight is 504 g/mol. The van der Waals surface area contributed by atoms with Crippen LogP contribution >= 0.6 is 0 Å². The number of rotatable bonds is 4. The lowest BCUT2D eigenvalue weighted by Gasteiger charge is -2.44. The molecule has 1 aliphatic carbocycles. The fourth-order valence-corrected chi connectivity index (χ4v) is 5.03. The number of benzene rings is 2. The van der Waals surface area contributed by atoms with Gasteiger partial charge in [-0.25, -0.2) is 8.78 Å². The van der Waals surface area contributed by atoms with E-state index < -0.39 is 47.1 Å². The van der Waals surface area contributed by atoms with Crippen LogP contribution in [0.4, 0.5) is 27.6 Å². The maximum absolute atomic E-state index is 14.7. The molecule has 2 aliphatic rings. The highest BCUT2D eigenvalue weighted by molar-refractivity contribution is 5.98. The summed E-state index contributed by atoms with van der Waals surface area (Å²) in [7, 11) is 0. The molecule has 0 saturated carbocycles. The number of likely N-dealkylation sites (tertiary alicyclic amines) is 1. The molecule has 2 aromatic rings. The highest BCUT2D eigenvalue weighted by Gasteiger charge is 2.43. The van der Waals surface area contributed by atoms with Crippen LogP contribution in [0.3, 0.4) is 0 Å². The summed E-state index contributed by atoms with van der Waals surface area (Å²) in [4.78, 5) is 28.4. The second kappa shape index (κ2) is 10.2. The minimum atomic E-state index is -4.92. The van der Waals surface area contributed by atoms with Crippen molar-refractivity contribution in [2.45, 2.75) is 38.4 Å². The van der Waals surface area contributed by atoms with Gasteiger partial charge in [0.1, 0.15) is 11.6 Å². The van der Waals surface area contributed by atoms with E-state index in [1.165, 1.54) is 17.0 Å². The molecule has 1 unspecified atom stereocenters. The number of amides is 2. The molecule has 4 rings (SSSR count). The van der Waals surface area contributed by atoms with E-state index in [4.69, 9.17) is 0 Å². The maximum Gasteiger partial charge on any atom is 0.419 e. The lowest BCUT2D eigenvalue weighted by Crippen LogP contribution is -2.55. The molecule has 4 nitrogen and oxygen atoms in total. The van der Waals surface area contributed by atoms with Crippen LogP contribution in [0.5, 0.6) is 0 Å². The van der Waals surface area contributed by atoms with Gasteiger partial charge in [0.2, 0.25) is 5.91 Å². The van der Waals surface area contributed by atoms with Crippen molar-refractivity contribution in [1.82, 2.24) is 4.90 Å². The van der Waals surface area contributed by atoms with Crippen LogP contribution in [0.1, 0.15) is 40.7 Å². The number of nitrogens with zero attached hydrogens (tertiary/aromatic N) is 1. The Labute approximate surface area is 205 Å². The van der Waals surface area contributed by atoms with Crippen molar-refractivity contribution in [3.63, 3.8) is 0 Å². The first-order valence-corrected chi connectivity index (χ1v) is 11.6. The van der Waals surface area contributed by atoms with E-state index >= 15 is 0 Å². The molecule has 0 spiro atoms. The molecule has 1 aliphatic heterocycles. The van der Waals surface area contributed by atoms with E-state index in [0.717, 1.165) is 6.07 Å². The maximum atomic E-state index is 14.7. The molecule has 1 saturated heterocycles. The first-order valence-electron chi connectivity index (χ1n) is 11.6. The van der Waals surface area contributed by atoms with Gasteiger partial charge in [0, 0.05) is 18.2 Å². The minimum absolute atomic E-state index is 0.0627. The zero-order valence-corrected chi connectivity index (χ0v) is 19.5. The normalized spacial score (nSPS) is 21.9. The summed E-state index contributed by atoms with van der Waals surface area (Å²) in [6.07, 6.45) is 3.90. The monoisotopic (exact) mass is 504 g/mol. The van der Waals surface area contributed by atoms with Gasteiger partial charge >= 0.3 is 6.18 Å². The fraction of sp³-hybridized carbons (Fsp3) is 0.333. The number of carbonyl (C=O) groups excluding carboxylic acids is 2. The largest absolute Gasteiger partial charge is 0.419 e. The molecule has 2 amide bonds. The van der Waals surface area contributed by atoms with Crippen LogP contribution < -0.4 is 5.32 Å². The first kappa shape index (κ1) is 25.6. The van der Waals surface area contributed by atoms with Gasteiger partial charge in [0.15, 0.2) is 0 Å². The standard InChI is InChI=1S/C27H25F5N2O2/c1-16-7-5-11-22(29)23(16)26(36)34-14-6-10-19(24(34)17-8-3-2-4-9-17)25(35)33-18-12-13-21(28)20(15-18)27(30,31)32/h2-5,7-8,11-13,15,17,19,24H,6,9-10,14H2,1H3,(H,33,35)/t17?,19-,24-/m0/s1. The Morgan fingerprint density at radius 3 is 2.50 bits per heavy atom. The fourth-order valence-electron chi connectivity index (χ4n) is 5.03. The van der Waals surface area contributed by atoms with Gasteiger partial charge in [-0.1, -0.05) is 36.4 Å². The second-order valence-corrected chi connectivity index (χ2v) is 9.06. The predicted molar refractivity (Wildman–Crippen MR) is 125 cm³/mol. The Balaban J connectivity index is 1.66. The lowest BCUT2D eigenvalue weighted by atomic mass is 9.77. The molecule has 0 bridgehead atoms. The topological polar surface area (TPSA) is 49.4 Å². The molecule has 190 valence electrons. The number of alkyl halides is 3. The molecule has 9 heteroatoms. The molecule has 1 fully saturated rings. The highest BCUT2D eigenvalue weighted by Crippen LogP contribution is 2.36. The van der Waals surface area contributed by atoms with E-state index in [2.05, 4.69) is 5.32 Å². The van der Waals surface area contributed by atoms with Crippen molar-refractivity contribution in [2.24, 2.45) is 11.8 Å². The van der Waals surface area contributed by atoms with E-state index in [1.807, 2.05) is 24.3 Å². The lowest BCUT2D eigenvalue weighted by molar-refractivity contribution is -0.140. The summed E-state index contributed by atoms with van der Waals surface area (Å²) in [5.41, 5.74) is -1.27. The van der Waals surface area contributed by atoms with Crippen LogP contribution in [0, 0.1) is 30.4 Å². The molecule has 0 aromatic heterocycles. The summed E-state index contributed by atoms with van der Waals surface area (Å²) < 4.78 is 67.8. The number of hydrogen-bond donors (Lipinski definition) is 1. The summed E-state index contributed by atoms with van der Waals surface area (Å²) >= 11 is 0. The van der Waals surface area contributed by atoms with Gasteiger partial charge in [-0.2, -0.15) is 13.2 Å². The van der Waals surface area contributed by atoms with Crippen molar-refractivity contribution < 1.29 is 31.5 Å². The minimum Gasteiger partial charge on any atom is -0.334 e. The zero-order chi connectivity index (χ0) is 26.0. The van der Waals surface area contributed by atoms with Crippen molar-refractivity contribution in [2.75, 3.05) is 11.9 Å². The highest BCUT2D eigenvalue weighted by atomic mass is 19.4. The quantitative estimate of drug-likeness (QED) is 0.498. The van der Waals surface area contributed by atoms with Crippen LogP contribution in [0.15, 0.2) is 60.7 Å². The van der Waals surface area contributed by atoms with Crippen molar-refractivity contribution in [3.05, 3.63) is 89.0 Å². The van der Waals surface area contributed by atoms with Crippen LogP contribution in [-0.4, -0.2) is 29.3 Å². The number of carbonyl (C=O) groups is 2. The van der Waals surface area contributed by atoms with Crippen LogP contribution in [-0.2, 0) is 11.0 Å². The molecule has 36 heavy (non-hydrogen) atoms. The van der Waals surface area contributed by atoms with Gasteiger partial charge in [0.05, 0.1) is 23.1 Å². The van der Waals surface area contributed by atoms with Gasteiger partial charge in [-0.15, -0.1) is 0 Å². The number of hydrogen-bond acceptors (Lipinski definition) is 2. The number of anilines is 1. The molecule has 2 aromatic carbocycles. The number of aryl methyl sites for hydroxylation is 1. The molecule has 0 radical (unpaired) electrons. The Kier molecular flexibility index (Phi) is 7.28. The summed E-state index contributed by atoms with van der Waals surface area (Å²) in [6.45, 7) is 1.94. The Bertz CT molecular complexity index is 1200. The van der Waals surface area contributed by atoms with Gasteiger partial charge in [0.25, 0.3) is 5.91 Å². The molecule has 3 atom stereocenters. The Hall–Kier alpha value is -3.49. The SMILES string of the molecule is Cc1cccc(F)c1C(=O)N1CCC[C@H](C(=O)Nc2ccc(F)c(C(F)(F)F)c2)[C@@H]1C1C=CC=CC1. The number of piperidine rings is 1. The number of nitrogens with one attached hydrogen (secondary N) is 1. The third-order valence-corrected chi connectivity index (χ3v) is 6.71. The third-order valence-electron chi connectivity index (χ3n) is 6.71. The predicted octanol–water partition coefficient (Wildman–Crippen LogP) is 6.28. The van der Waals surface area contributed by atoms with E-state index in [1.54, 1.807) is 13.0 Å². The van der Waals surface area contributed by atoms with Gasteiger partial charge in [-0.3, -0.25) is 9.59 Å². The van der Waals surface area contributed by atoms with Gasteiger partial charge in [-0.05, 0) is 56.0 Å². The number of allylic oxidation sites excluding steroid dienone is 3. The summed E-state index contributed by atoms with van der Waals surface area (Å²) in [5.74, 6) is -4.22. The molecular weight excluding hydrogens is 479 g/mol. The second-order valence-electron chi connectivity index (χ2n) is 9.06. The Morgan fingerprint density at radius 2 is 1.83 bits per heavy atom. The molecular formula is C27H25F5N2O2. The first-order chi connectivity index (χ1) is 17.1. The van der Waals surface area contributed by atoms with E-state index in [0.29, 0.717) is 43.5 Å². The summed E-state index contributed by atoms with van der Waals surface area (Å²) in [6, 6.07) is 5.98. The molecule has 1 N–H and O–H groups in total. The van der Waals surface area contributed by atoms with Crippen LogP contribution in [0.25, 0.3) is 0 Å². The van der Waals surface area contributed by atoms with Gasteiger partial charge < -0.3 is 10.2 Å². The van der Waals surface area contributed by atoms with E-state index in [-0.39, 0.29) is 17.2 Å². The third kappa shape index (κ3) is 5.20. The van der Waals surface area contributed by atoms with Crippen molar-refractivity contribution in [1.29, 1.82) is 0 Å². The average Bonchev–Trinajstić information content (AvgIpc) is 2.84. The van der Waals surface area contributed by atoms with Crippen molar-refractivity contribution in [3.8, 4) is 0 Å². The van der Waals surface area contributed by atoms with Crippen LogP contribution in [0.2, 0.25) is 0 Å². The van der Waals surface area contributed by atoms with E-state index in [9.17, 15) is 31.5 Å². The van der Waals surface area contributed by atoms with Crippen molar-refractivity contribution >= 4 is 17.5 Å². The summed E-state index contributed by atoms with van der Waals surface area (Å²) in [5, 5.41) is 2.48. The smallest absolute Gasteiger partial charge is 0.334 e. The zero-order valence-electron chi connectivity index (χ0n) is 19.5. The molecule has 1 heterocycles.